The molecule has 0 aromatic heterocycles. The van der Waals surface area contributed by atoms with Crippen molar-refractivity contribution in [3.05, 3.63) is 85.5 Å². The van der Waals surface area contributed by atoms with E-state index in [-0.39, 0.29) is 5.91 Å². The smallest absolute Gasteiger partial charge is 0.253 e. The zero-order chi connectivity index (χ0) is 23.3. The van der Waals surface area contributed by atoms with Crippen LogP contribution in [0.4, 0.5) is 0 Å². The number of amides is 1. The van der Waals surface area contributed by atoms with Crippen molar-refractivity contribution in [2.24, 2.45) is 11.8 Å². The highest BCUT2D eigenvalue weighted by molar-refractivity contribution is 5.96. The molecule has 1 aromatic rings. The Labute approximate surface area is 196 Å². The lowest BCUT2D eigenvalue weighted by Crippen LogP contribution is -2.38. The van der Waals surface area contributed by atoms with Gasteiger partial charge in [-0.1, -0.05) is 67.8 Å². The maximum Gasteiger partial charge on any atom is 0.253 e. The topological polar surface area (TPSA) is 23.6 Å². The van der Waals surface area contributed by atoms with E-state index in [2.05, 4.69) is 55.0 Å². The molecule has 3 rings (SSSR count). The number of nitrogens with zero attached hydrogens (tertiary/aromatic N) is 2. The first-order valence-electron chi connectivity index (χ1n) is 12.1. The van der Waals surface area contributed by atoms with Crippen LogP contribution in [0, 0.1) is 11.8 Å². The summed E-state index contributed by atoms with van der Waals surface area (Å²) in [6.45, 7) is 16.3. The number of carbonyl (C=O) groups is 1. The molecule has 174 valence electrons. The van der Waals surface area contributed by atoms with E-state index in [0.29, 0.717) is 17.5 Å². The van der Waals surface area contributed by atoms with Crippen LogP contribution in [0.1, 0.15) is 44.6 Å². The average molecular weight is 435 g/mol. The number of rotatable bonds is 8. The van der Waals surface area contributed by atoms with Crippen molar-refractivity contribution in [3.63, 3.8) is 0 Å². The number of allylic oxidation sites excluding steroid dienone is 3. The van der Waals surface area contributed by atoms with Crippen LogP contribution in [0.25, 0.3) is 0 Å². The van der Waals surface area contributed by atoms with E-state index in [1.807, 2.05) is 18.9 Å². The number of carbonyl (C=O) groups excluding carboxylic acids is 1. The van der Waals surface area contributed by atoms with Gasteiger partial charge in [-0.25, -0.2) is 0 Å². The number of hydrogen-bond acceptors (Lipinski definition) is 2. The van der Waals surface area contributed by atoms with E-state index >= 15 is 0 Å². The molecule has 2 atom stereocenters. The summed E-state index contributed by atoms with van der Waals surface area (Å²) in [6.07, 6.45) is 14.1. The van der Waals surface area contributed by atoms with E-state index in [1.165, 1.54) is 50.9 Å². The molecule has 2 aliphatic rings. The van der Waals surface area contributed by atoms with E-state index < -0.39 is 0 Å². The van der Waals surface area contributed by atoms with Crippen molar-refractivity contribution in [1.82, 2.24) is 9.80 Å². The minimum Gasteiger partial charge on any atom is -0.339 e. The third-order valence-corrected chi connectivity index (χ3v) is 6.74. The number of benzene rings is 1. The molecule has 0 radical (unpaired) electrons. The summed E-state index contributed by atoms with van der Waals surface area (Å²) in [4.78, 5) is 17.2. The van der Waals surface area contributed by atoms with Crippen LogP contribution >= 0.6 is 0 Å². The molecule has 0 bridgehead atoms. The lowest BCUT2D eigenvalue weighted by atomic mass is 9.89. The zero-order valence-electron chi connectivity index (χ0n) is 20.2. The summed E-state index contributed by atoms with van der Waals surface area (Å²) in [5, 5.41) is 0. The first-order valence-corrected chi connectivity index (χ1v) is 12.1. The summed E-state index contributed by atoms with van der Waals surface area (Å²) in [7, 11) is 1.94. The molecule has 1 heterocycles. The quantitative estimate of drug-likeness (QED) is 0.282. The second kappa shape index (κ2) is 13.9. The second-order valence-corrected chi connectivity index (χ2v) is 9.15. The van der Waals surface area contributed by atoms with Crippen molar-refractivity contribution in [2.45, 2.75) is 51.5 Å². The van der Waals surface area contributed by atoms with Gasteiger partial charge in [-0.2, -0.15) is 0 Å². The molecule has 1 aromatic carbocycles. The molecule has 1 aliphatic carbocycles. The van der Waals surface area contributed by atoms with E-state index in [0.717, 1.165) is 18.8 Å². The zero-order valence-corrected chi connectivity index (χ0v) is 20.2. The van der Waals surface area contributed by atoms with Gasteiger partial charge >= 0.3 is 0 Å². The fourth-order valence-corrected chi connectivity index (χ4v) is 4.97. The van der Waals surface area contributed by atoms with E-state index in [1.54, 1.807) is 24.3 Å². The molecule has 0 N–H and O–H groups in total. The largest absolute Gasteiger partial charge is 0.339 e. The van der Waals surface area contributed by atoms with Crippen molar-refractivity contribution in [2.75, 3.05) is 26.7 Å². The Hall–Kier alpha value is -2.39. The number of piperidine rings is 1. The Morgan fingerprint density at radius 3 is 2.31 bits per heavy atom. The predicted molar refractivity (Wildman–Crippen MR) is 138 cm³/mol. The molecule has 3 nitrogen and oxygen atoms in total. The molecule has 3 heteroatoms. The van der Waals surface area contributed by atoms with E-state index in [4.69, 9.17) is 0 Å². The van der Waals surface area contributed by atoms with Crippen molar-refractivity contribution in [3.8, 4) is 0 Å². The fourth-order valence-electron chi connectivity index (χ4n) is 4.97. The van der Waals surface area contributed by atoms with Crippen LogP contribution in [0.15, 0.2) is 79.9 Å². The lowest BCUT2D eigenvalue weighted by molar-refractivity contribution is -0.127. The molecule has 0 spiro atoms. The fraction of sp³-hybridized carbons (Fsp3) is 0.483. The molecule has 1 unspecified atom stereocenters. The van der Waals surface area contributed by atoms with Gasteiger partial charge in [0.2, 0.25) is 0 Å². The van der Waals surface area contributed by atoms with Crippen LogP contribution in [0.3, 0.4) is 0 Å². The van der Waals surface area contributed by atoms with Crippen LogP contribution in [0.5, 0.6) is 0 Å². The Kier molecular flexibility index (Phi) is 11.2. The van der Waals surface area contributed by atoms with Crippen molar-refractivity contribution < 1.29 is 4.79 Å². The Balaban J connectivity index is 0.00000114. The SMILES string of the molecule is C=C/C=C(\C=C)C(=O)N(C)C1CC[C@@H](CN2CCC(Cc3ccccc3)CC2)C1.C=CC. The summed E-state index contributed by atoms with van der Waals surface area (Å²) < 4.78 is 0. The highest BCUT2D eigenvalue weighted by Gasteiger charge is 2.32. The Morgan fingerprint density at radius 1 is 1.06 bits per heavy atom. The highest BCUT2D eigenvalue weighted by Crippen LogP contribution is 2.31. The summed E-state index contributed by atoms with van der Waals surface area (Å²) in [5.74, 6) is 1.59. The lowest BCUT2D eigenvalue weighted by Gasteiger charge is -2.34. The molecular formula is C29H42N2O. The minimum absolute atomic E-state index is 0.0623. The molecule has 1 saturated heterocycles. The maximum absolute atomic E-state index is 12.7. The monoisotopic (exact) mass is 434 g/mol. The first kappa shape index (κ1) is 25.9. The molecular weight excluding hydrogens is 392 g/mol. The third kappa shape index (κ3) is 7.94. The van der Waals surface area contributed by atoms with Crippen LogP contribution in [-0.4, -0.2) is 48.4 Å². The van der Waals surface area contributed by atoms with E-state index in [9.17, 15) is 4.79 Å². The summed E-state index contributed by atoms with van der Waals surface area (Å²) in [5.41, 5.74) is 2.10. The molecule has 2 fully saturated rings. The van der Waals surface area contributed by atoms with Gasteiger partial charge in [0.15, 0.2) is 0 Å². The van der Waals surface area contributed by atoms with Gasteiger partial charge in [-0.3, -0.25) is 4.79 Å². The first-order chi connectivity index (χ1) is 15.5. The molecule has 1 amide bonds. The molecule has 1 saturated carbocycles. The normalized spacial score (nSPS) is 21.9. The van der Waals surface area contributed by atoms with Crippen LogP contribution in [-0.2, 0) is 11.2 Å². The molecule has 1 aliphatic heterocycles. The Morgan fingerprint density at radius 2 is 1.72 bits per heavy atom. The third-order valence-electron chi connectivity index (χ3n) is 6.74. The van der Waals surface area contributed by atoms with Gasteiger partial charge in [-0.05, 0) is 75.9 Å². The highest BCUT2D eigenvalue weighted by atomic mass is 16.2. The average Bonchev–Trinajstić information content (AvgIpc) is 3.27. The number of likely N-dealkylation sites (N-methyl/N-ethyl adjacent to an activating group) is 1. The standard InChI is InChI=1S/C26H36N2O.C3H6/c1-4-9-24(5-2)26(29)27(3)25-13-12-23(19-25)20-28-16-14-22(15-17-28)18-21-10-7-6-8-11-21;1-3-2/h4-11,22-23,25H,1-2,12-20H2,3H3;3H,1H2,2H3/b24-9+;/t23-,25?;/m1./s1. The molecule has 32 heavy (non-hydrogen) atoms. The van der Waals surface area contributed by atoms with Gasteiger partial charge in [-0.15, -0.1) is 6.58 Å². The van der Waals surface area contributed by atoms with Crippen LogP contribution in [0.2, 0.25) is 0 Å². The Bertz CT molecular complexity index is 759. The number of hydrogen-bond donors (Lipinski definition) is 0. The van der Waals surface area contributed by atoms with Gasteiger partial charge in [0, 0.05) is 25.2 Å². The summed E-state index contributed by atoms with van der Waals surface area (Å²) in [6, 6.07) is 11.2. The summed E-state index contributed by atoms with van der Waals surface area (Å²) >= 11 is 0. The van der Waals surface area contributed by atoms with Gasteiger partial charge < -0.3 is 9.80 Å². The van der Waals surface area contributed by atoms with Gasteiger partial charge in [0.05, 0.1) is 0 Å². The van der Waals surface area contributed by atoms with Crippen LogP contribution < -0.4 is 0 Å². The van der Waals surface area contributed by atoms with Gasteiger partial charge in [0.25, 0.3) is 5.91 Å². The van der Waals surface area contributed by atoms with Gasteiger partial charge in [0.1, 0.15) is 0 Å². The minimum atomic E-state index is 0.0623. The second-order valence-electron chi connectivity index (χ2n) is 9.15. The maximum atomic E-state index is 12.7. The van der Waals surface area contributed by atoms with Crippen molar-refractivity contribution in [1.29, 1.82) is 0 Å². The van der Waals surface area contributed by atoms with Crippen molar-refractivity contribution >= 4 is 5.91 Å². The predicted octanol–water partition coefficient (Wildman–Crippen LogP) is 6.06. The number of likely N-dealkylation sites (tertiary alicyclic amines) is 1.